The van der Waals surface area contributed by atoms with Gasteiger partial charge in [0.05, 0.1) is 0 Å². The summed E-state index contributed by atoms with van der Waals surface area (Å²) < 4.78 is 13.3. The molecule has 1 unspecified atom stereocenters. The Morgan fingerprint density at radius 1 is 1.16 bits per heavy atom. The summed E-state index contributed by atoms with van der Waals surface area (Å²) in [4.78, 5) is 0. The van der Waals surface area contributed by atoms with Crippen LogP contribution in [0, 0.1) is 18.7 Å². The van der Waals surface area contributed by atoms with Crippen LogP contribution in [0.4, 0.5) is 10.1 Å². The van der Waals surface area contributed by atoms with Crippen LogP contribution >= 0.6 is 0 Å². The van der Waals surface area contributed by atoms with E-state index in [1.54, 1.807) is 6.07 Å². The van der Waals surface area contributed by atoms with Crippen LogP contribution in [0.25, 0.3) is 0 Å². The molecule has 0 saturated carbocycles. The highest BCUT2D eigenvalue weighted by atomic mass is 19.1. The minimum absolute atomic E-state index is 0.142. The van der Waals surface area contributed by atoms with Gasteiger partial charge in [-0.25, -0.2) is 4.39 Å². The smallest absolute Gasteiger partial charge is 0.123 e. The first-order chi connectivity index (χ1) is 9.20. The molecule has 2 heteroatoms. The topological polar surface area (TPSA) is 12.0 Å². The lowest BCUT2D eigenvalue weighted by Crippen LogP contribution is -2.24. The maximum absolute atomic E-state index is 13.3. The summed E-state index contributed by atoms with van der Waals surface area (Å²) in [5, 5.41) is 3.40. The first-order valence-electron chi connectivity index (χ1n) is 6.78. The first kappa shape index (κ1) is 12.2. The van der Waals surface area contributed by atoms with Gasteiger partial charge in [0.2, 0.25) is 0 Å². The molecular formula is C17H18FN. The summed E-state index contributed by atoms with van der Waals surface area (Å²) in [6.07, 6.45) is 2.00. The van der Waals surface area contributed by atoms with Crippen molar-refractivity contribution in [3.8, 4) is 0 Å². The zero-order chi connectivity index (χ0) is 13.2. The minimum atomic E-state index is -0.142. The molecule has 1 heterocycles. The van der Waals surface area contributed by atoms with Gasteiger partial charge < -0.3 is 5.32 Å². The van der Waals surface area contributed by atoms with Gasteiger partial charge in [0.1, 0.15) is 5.82 Å². The van der Waals surface area contributed by atoms with Crippen molar-refractivity contribution in [2.75, 3.05) is 11.9 Å². The highest BCUT2D eigenvalue weighted by molar-refractivity contribution is 5.53. The summed E-state index contributed by atoms with van der Waals surface area (Å²) in [6, 6.07) is 13.7. The molecule has 98 valence electrons. The number of hydrogen-bond acceptors (Lipinski definition) is 1. The minimum Gasteiger partial charge on any atom is -0.385 e. The lowest BCUT2D eigenvalue weighted by Gasteiger charge is -2.26. The normalized spacial score (nSPS) is 17.7. The molecule has 1 N–H and O–H groups in total. The van der Waals surface area contributed by atoms with E-state index >= 15 is 0 Å². The highest BCUT2D eigenvalue weighted by Crippen LogP contribution is 2.27. The van der Waals surface area contributed by atoms with E-state index in [1.807, 2.05) is 6.07 Å². The Morgan fingerprint density at radius 2 is 1.95 bits per heavy atom. The number of halogens is 1. The lowest BCUT2D eigenvalue weighted by atomic mass is 9.89. The van der Waals surface area contributed by atoms with E-state index in [4.69, 9.17) is 0 Å². The number of nitrogens with one attached hydrogen (secondary N) is 1. The molecule has 1 aliphatic heterocycles. The van der Waals surface area contributed by atoms with E-state index in [0.29, 0.717) is 5.92 Å². The van der Waals surface area contributed by atoms with Gasteiger partial charge in [-0.1, -0.05) is 29.8 Å². The quantitative estimate of drug-likeness (QED) is 0.856. The second-order valence-electron chi connectivity index (χ2n) is 5.44. The SMILES string of the molecule is Cc1ccc(CC2CNc3ccc(F)cc3C2)cc1. The third-order valence-electron chi connectivity index (χ3n) is 3.80. The summed E-state index contributed by atoms with van der Waals surface area (Å²) in [5.74, 6) is 0.397. The van der Waals surface area contributed by atoms with E-state index < -0.39 is 0 Å². The Bertz CT molecular complexity index is 574. The Hall–Kier alpha value is -1.83. The van der Waals surface area contributed by atoms with Crippen molar-refractivity contribution in [3.05, 3.63) is 65.0 Å². The number of fused-ring (bicyclic) bond motifs is 1. The van der Waals surface area contributed by atoms with Crippen LogP contribution in [0.1, 0.15) is 16.7 Å². The van der Waals surface area contributed by atoms with Gasteiger partial charge in [-0.3, -0.25) is 0 Å². The lowest BCUT2D eigenvalue weighted by molar-refractivity contribution is 0.531. The zero-order valence-electron chi connectivity index (χ0n) is 11.1. The summed E-state index contributed by atoms with van der Waals surface area (Å²) in [5.41, 5.74) is 4.83. The monoisotopic (exact) mass is 255 g/mol. The third kappa shape index (κ3) is 2.78. The maximum Gasteiger partial charge on any atom is 0.123 e. The van der Waals surface area contributed by atoms with Crippen LogP contribution in [-0.2, 0) is 12.8 Å². The molecule has 19 heavy (non-hydrogen) atoms. The second kappa shape index (κ2) is 5.04. The van der Waals surface area contributed by atoms with Gasteiger partial charge in [-0.05, 0) is 55.0 Å². The molecule has 0 amide bonds. The van der Waals surface area contributed by atoms with Crippen LogP contribution < -0.4 is 5.32 Å². The maximum atomic E-state index is 13.3. The first-order valence-corrected chi connectivity index (χ1v) is 6.78. The van der Waals surface area contributed by atoms with Crippen molar-refractivity contribution >= 4 is 5.69 Å². The number of benzene rings is 2. The molecule has 0 fully saturated rings. The van der Waals surface area contributed by atoms with Crippen LogP contribution in [-0.4, -0.2) is 6.54 Å². The van der Waals surface area contributed by atoms with Crippen molar-refractivity contribution < 1.29 is 4.39 Å². The predicted octanol–water partition coefficient (Wildman–Crippen LogP) is 3.96. The Balaban J connectivity index is 1.73. The van der Waals surface area contributed by atoms with E-state index in [9.17, 15) is 4.39 Å². The predicted molar refractivity (Wildman–Crippen MR) is 77.0 cm³/mol. The molecule has 0 radical (unpaired) electrons. The van der Waals surface area contributed by atoms with Gasteiger partial charge in [0, 0.05) is 12.2 Å². The number of aryl methyl sites for hydroxylation is 1. The van der Waals surface area contributed by atoms with Crippen LogP contribution in [0.2, 0.25) is 0 Å². The Kier molecular flexibility index (Phi) is 3.24. The number of hydrogen-bond donors (Lipinski definition) is 1. The van der Waals surface area contributed by atoms with Crippen molar-refractivity contribution in [2.24, 2.45) is 5.92 Å². The molecule has 1 atom stereocenters. The van der Waals surface area contributed by atoms with Crippen LogP contribution in [0.3, 0.4) is 0 Å². The molecule has 2 aromatic rings. The van der Waals surface area contributed by atoms with Crippen LogP contribution in [0.15, 0.2) is 42.5 Å². The second-order valence-corrected chi connectivity index (χ2v) is 5.44. The van der Waals surface area contributed by atoms with Gasteiger partial charge in [-0.2, -0.15) is 0 Å². The molecule has 1 nitrogen and oxygen atoms in total. The average molecular weight is 255 g/mol. The Morgan fingerprint density at radius 3 is 2.74 bits per heavy atom. The number of anilines is 1. The van der Waals surface area contributed by atoms with Crippen molar-refractivity contribution in [1.82, 2.24) is 0 Å². The average Bonchev–Trinajstić information content (AvgIpc) is 2.41. The van der Waals surface area contributed by atoms with Crippen molar-refractivity contribution in [1.29, 1.82) is 0 Å². The standard InChI is InChI=1S/C17H18FN/c1-12-2-4-13(5-3-12)8-14-9-15-10-16(18)6-7-17(15)19-11-14/h2-7,10,14,19H,8-9,11H2,1H3. The molecule has 0 aliphatic carbocycles. The van der Waals surface area contributed by atoms with Gasteiger partial charge >= 0.3 is 0 Å². The molecule has 3 rings (SSSR count). The summed E-state index contributed by atoms with van der Waals surface area (Å²) >= 11 is 0. The van der Waals surface area contributed by atoms with Gasteiger partial charge in [0.15, 0.2) is 0 Å². The fraction of sp³-hybridized carbons (Fsp3) is 0.294. The van der Waals surface area contributed by atoms with Crippen LogP contribution in [0.5, 0.6) is 0 Å². The van der Waals surface area contributed by atoms with Crippen molar-refractivity contribution in [3.63, 3.8) is 0 Å². The molecule has 0 saturated heterocycles. The van der Waals surface area contributed by atoms with E-state index in [0.717, 1.165) is 30.6 Å². The third-order valence-corrected chi connectivity index (χ3v) is 3.80. The summed E-state index contributed by atoms with van der Waals surface area (Å²) in [7, 11) is 0. The number of rotatable bonds is 2. The fourth-order valence-electron chi connectivity index (χ4n) is 2.74. The Labute approximate surface area is 113 Å². The molecular weight excluding hydrogens is 237 g/mol. The van der Waals surface area contributed by atoms with E-state index in [2.05, 4.69) is 36.5 Å². The van der Waals surface area contributed by atoms with E-state index in [-0.39, 0.29) is 5.82 Å². The molecule has 0 spiro atoms. The largest absolute Gasteiger partial charge is 0.385 e. The molecule has 2 aromatic carbocycles. The summed E-state index contributed by atoms with van der Waals surface area (Å²) in [6.45, 7) is 3.07. The van der Waals surface area contributed by atoms with Gasteiger partial charge in [-0.15, -0.1) is 0 Å². The fourth-order valence-corrected chi connectivity index (χ4v) is 2.74. The van der Waals surface area contributed by atoms with E-state index in [1.165, 1.54) is 17.2 Å². The van der Waals surface area contributed by atoms with Crippen molar-refractivity contribution in [2.45, 2.75) is 19.8 Å². The van der Waals surface area contributed by atoms with Gasteiger partial charge in [0.25, 0.3) is 0 Å². The highest BCUT2D eigenvalue weighted by Gasteiger charge is 2.18. The molecule has 1 aliphatic rings. The molecule has 0 bridgehead atoms. The zero-order valence-corrected chi connectivity index (χ0v) is 11.1. The molecule has 0 aromatic heterocycles.